The maximum atomic E-state index is 13.7. The zero-order valence-electron chi connectivity index (χ0n) is 18.6. The Morgan fingerprint density at radius 3 is 2.58 bits per heavy atom. The maximum absolute atomic E-state index is 13.7. The van der Waals surface area contributed by atoms with Gasteiger partial charge in [0.25, 0.3) is 0 Å². The van der Waals surface area contributed by atoms with Gasteiger partial charge >= 0.3 is 5.69 Å². The monoisotopic (exact) mass is 466 g/mol. The summed E-state index contributed by atoms with van der Waals surface area (Å²) in [4.78, 5) is 34.5. The highest BCUT2D eigenvalue weighted by atomic mass is 32.2. The Morgan fingerprint density at radius 1 is 1.15 bits per heavy atom. The number of nitrogens with one attached hydrogen (secondary N) is 1. The van der Waals surface area contributed by atoms with Crippen LogP contribution in [0.5, 0.6) is 0 Å². The van der Waals surface area contributed by atoms with Gasteiger partial charge in [-0.05, 0) is 37.0 Å². The van der Waals surface area contributed by atoms with Crippen molar-refractivity contribution in [2.45, 2.75) is 50.1 Å². The number of ketones is 1. The third-order valence-electron chi connectivity index (χ3n) is 6.81. The Morgan fingerprint density at radius 2 is 1.88 bits per heavy atom. The number of hydrogen-bond donors (Lipinski definition) is 1. The molecular formula is C24H26N4O4S. The van der Waals surface area contributed by atoms with Gasteiger partial charge in [0, 0.05) is 29.4 Å². The van der Waals surface area contributed by atoms with E-state index in [1.807, 2.05) is 16.8 Å². The molecule has 2 atom stereocenters. The summed E-state index contributed by atoms with van der Waals surface area (Å²) in [6.07, 6.45) is 8.81. The molecule has 0 radical (unpaired) electrons. The normalized spacial score (nSPS) is 19.3. The van der Waals surface area contributed by atoms with Crippen LogP contribution < -0.4 is 5.69 Å². The highest BCUT2D eigenvalue weighted by Crippen LogP contribution is 2.36. The number of fused-ring (bicyclic) bond motifs is 3. The summed E-state index contributed by atoms with van der Waals surface area (Å²) in [6, 6.07) is 7.82. The number of benzene rings is 1. The molecular weight excluding hydrogens is 440 g/mol. The van der Waals surface area contributed by atoms with Crippen LogP contribution in [0.25, 0.3) is 22.1 Å². The number of rotatable bonds is 5. The first-order valence-electron chi connectivity index (χ1n) is 11.2. The second-order valence-electron chi connectivity index (χ2n) is 9.02. The fourth-order valence-electron chi connectivity index (χ4n) is 5.03. The molecule has 33 heavy (non-hydrogen) atoms. The molecule has 0 saturated heterocycles. The van der Waals surface area contributed by atoms with E-state index in [9.17, 15) is 18.0 Å². The van der Waals surface area contributed by atoms with Crippen molar-refractivity contribution >= 4 is 37.7 Å². The van der Waals surface area contributed by atoms with Crippen molar-refractivity contribution in [3.63, 3.8) is 0 Å². The lowest BCUT2D eigenvalue weighted by Gasteiger charge is -2.29. The SMILES string of the molecule is C[C@@H]1CCCC[C@@H]1n1c(=O)n(CC(=O)c2ccc(S(C)(=O)=O)cc2)c2cnc3[nH]ccc3c21. The molecule has 1 aliphatic rings. The van der Waals surface area contributed by atoms with Gasteiger partial charge in [-0.25, -0.2) is 18.2 Å². The van der Waals surface area contributed by atoms with E-state index in [4.69, 9.17) is 0 Å². The van der Waals surface area contributed by atoms with Crippen LogP contribution in [0.15, 0.2) is 52.4 Å². The second kappa shape index (κ2) is 7.98. The van der Waals surface area contributed by atoms with Gasteiger partial charge < -0.3 is 4.98 Å². The van der Waals surface area contributed by atoms with Crippen LogP contribution in [-0.2, 0) is 16.4 Å². The first-order valence-corrected chi connectivity index (χ1v) is 13.0. The number of nitrogens with zero attached hydrogens (tertiary/aromatic N) is 3. The van der Waals surface area contributed by atoms with E-state index in [2.05, 4.69) is 16.9 Å². The summed E-state index contributed by atoms with van der Waals surface area (Å²) in [7, 11) is -3.35. The number of carbonyl (C=O) groups is 1. The molecule has 1 aliphatic carbocycles. The number of imidazole rings is 1. The lowest BCUT2D eigenvalue weighted by Crippen LogP contribution is -2.33. The van der Waals surface area contributed by atoms with E-state index in [1.165, 1.54) is 28.8 Å². The lowest BCUT2D eigenvalue weighted by atomic mass is 9.85. The van der Waals surface area contributed by atoms with E-state index >= 15 is 0 Å². The minimum Gasteiger partial charge on any atom is -0.346 e. The molecule has 1 N–H and O–H groups in total. The standard InChI is InChI=1S/C24H26N4O4S/c1-15-5-3-4-6-19(15)28-22-18-11-12-25-23(18)26-13-20(22)27(24(28)30)14-21(29)16-7-9-17(10-8-16)33(2,31)32/h7-13,15,19H,3-6,14H2,1-2H3,(H,25,26)/t15-,19+/m1/s1. The number of sulfone groups is 1. The van der Waals surface area contributed by atoms with Crippen molar-refractivity contribution < 1.29 is 13.2 Å². The van der Waals surface area contributed by atoms with Crippen molar-refractivity contribution in [2.75, 3.05) is 6.26 Å². The second-order valence-corrected chi connectivity index (χ2v) is 11.0. The number of H-pyrrole nitrogens is 1. The van der Waals surface area contributed by atoms with Crippen LogP contribution in [0.3, 0.4) is 0 Å². The van der Waals surface area contributed by atoms with Crippen LogP contribution in [0.1, 0.15) is 49.0 Å². The summed E-state index contributed by atoms with van der Waals surface area (Å²) < 4.78 is 26.8. The average Bonchev–Trinajstić information content (AvgIpc) is 3.37. The van der Waals surface area contributed by atoms with Crippen LogP contribution in [0.2, 0.25) is 0 Å². The van der Waals surface area contributed by atoms with Crippen LogP contribution in [0.4, 0.5) is 0 Å². The topological polar surface area (TPSA) is 107 Å². The number of aromatic nitrogens is 4. The number of pyridine rings is 1. The van der Waals surface area contributed by atoms with Gasteiger partial charge in [-0.3, -0.25) is 13.9 Å². The van der Waals surface area contributed by atoms with E-state index in [0.717, 1.165) is 42.8 Å². The molecule has 4 aromatic rings. The molecule has 1 saturated carbocycles. The Balaban J connectivity index is 1.62. The molecule has 5 rings (SSSR count). The summed E-state index contributed by atoms with van der Waals surface area (Å²) in [6.45, 7) is 2.04. The fourth-order valence-corrected chi connectivity index (χ4v) is 5.66. The molecule has 1 aromatic carbocycles. The summed E-state index contributed by atoms with van der Waals surface area (Å²) >= 11 is 0. The molecule has 0 bridgehead atoms. The van der Waals surface area contributed by atoms with Crippen molar-refractivity contribution in [2.24, 2.45) is 5.92 Å². The van der Waals surface area contributed by atoms with Crippen LogP contribution >= 0.6 is 0 Å². The molecule has 9 heteroatoms. The number of hydrogen-bond acceptors (Lipinski definition) is 5. The minimum atomic E-state index is -3.35. The van der Waals surface area contributed by atoms with Gasteiger partial charge in [-0.15, -0.1) is 0 Å². The minimum absolute atomic E-state index is 0.0691. The van der Waals surface area contributed by atoms with E-state index < -0.39 is 9.84 Å². The first kappa shape index (κ1) is 21.6. The third-order valence-corrected chi connectivity index (χ3v) is 7.94. The van der Waals surface area contributed by atoms with Crippen LogP contribution in [0, 0.1) is 5.92 Å². The average molecular weight is 467 g/mol. The van der Waals surface area contributed by atoms with Gasteiger partial charge in [0.2, 0.25) is 0 Å². The van der Waals surface area contributed by atoms with E-state index in [-0.39, 0.29) is 29.0 Å². The highest BCUT2D eigenvalue weighted by Gasteiger charge is 2.29. The molecule has 3 heterocycles. The molecule has 8 nitrogen and oxygen atoms in total. The Labute approximate surface area is 191 Å². The third kappa shape index (κ3) is 3.70. The zero-order chi connectivity index (χ0) is 23.3. The van der Waals surface area contributed by atoms with Gasteiger partial charge in [-0.2, -0.15) is 0 Å². The Kier molecular flexibility index (Phi) is 5.23. The molecule has 0 amide bonds. The van der Waals surface area contributed by atoms with Gasteiger partial charge in [-0.1, -0.05) is 31.9 Å². The van der Waals surface area contributed by atoms with Crippen LogP contribution in [-0.4, -0.2) is 39.6 Å². The molecule has 0 aliphatic heterocycles. The molecule has 0 spiro atoms. The van der Waals surface area contributed by atoms with Crippen molar-refractivity contribution in [1.29, 1.82) is 0 Å². The van der Waals surface area contributed by atoms with Crippen molar-refractivity contribution in [3.05, 3.63) is 58.8 Å². The smallest absolute Gasteiger partial charge is 0.329 e. The molecule has 1 fully saturated rings. The summed E-state index contributed by atoms with van der Waals surface area (Å²) in [5.41, 5.74) is 2.30. The van der Waals surface area contributed by atoms with Gasteiger partial charge in [0.15, 0.2) is 15.6 Å². The summed E-state index contributed by atoms with van der Waals surface area (Å²) in [5, 5.41) is 0.867. The Bertz CT molecular complexity index is 1530. The number of carbonyl (C=O) groups excluding carboxylic acids is 1. The molecule has 172 valence electrons. The summed E-state index contributed by atoms with van der Waals surface area (Å²) in [5.74, 6) is 0.0963. The quantitative estimate of drug-likeness (QED) is 0.451. The van der Waals surface area contributed by atoms with Crippen molar-refractivity contribution in [1.82, 2.24) is 19.1 Å². The molecule has 3 aromatic heterocycles. The van der Waals surface area contributed by atoms with Crippen molar-refractivity contribution in [3.8, 4) is 0 Å². The van der Waals surface area contributed by atoms with E-state index in [1.54, 1.807) is 6.20 Å². The Hall–Kier alpha value is -3.20. The number of aromatic amines is 1. The largest absolute Gasteiger partial charge is 0.346 e. The fraction of sp³-hybridized carbons (Fsp3) is 0.375. The van der Waals surface area contributed by atoms with Gasteiger partial charge in [0.1, 0.15) is 5.65 Å². The van der Waals surface area contributed by atoms with E-state index in [0.29, 0.717) is 22.6 Å². The zero-order valence-corrected chi connectivity index (χ0v) is 19.4. The number of Topliss-reactive ketones (excluding diaryl/α,β-unsaturated/α-hetero) is 1. The first-order chi connectivity index (χ1) is 15.8. The predicted octanol–water partition coefficient (Wildman–Crippen LogP) is 3.72. The van der Waals surface area contributed by atoms with Gasteiger partial charge in [0.05, 0.1) is 28.7 Å². The lowest BCUT2D eigenvalue weighted by molar-refractivity contribution is 0.0971. The molecule has 0 unspecified atom stereocenters. The predicted molar refractivity (Wildman–Crippen MR) is 126 cm³/mol. The highest BCUT2D eigenvalue weighted by molar-refractivity contribution is 7.90. The maximum Gasteiger partial charge on any atom is 0.329 e.